The highest BCUT2D eigenvalue weighted by atomic mass is 16.3. The summed E-state index contributed by atoms with van der Waals surface area (Å²) in [6.45, 7) is 4.70. The minimum absolute atomic E-state index is 0.126. The summed E-state index contributed by atoms with van der Waals surface area (Å²) in [5, 5.41) is 11.6. The van der Waals surface area contributed by atoms with Gasteiger partial charge >= 0.3 is 0 Å². The number of aromatic nitrogens is 2. The van der Waals surface area contributed by atoms with E-state index in [1.54, 1.807) is 0 Å². The van der Waals surface area contributed by atoms with Gasteiger partial charge in [0, 0.05) is 19.2 Å². The molecule has 5 heteroatoms. The van der Waals surface area contributed by atoms with Crippen LogP contribution in [0.25, 0.3) is 0 Å². The van der Waals surface area contributed by atoms with Crippen molar-refractivity contribution in [1.82, 2.24) is 9.97 Å². The fourth-order valence-electron chi connectivity index (χ4n) is 1.14. The Morgan fingerprint density at radius 3 is 2.93 bits per heavy atom. The quantitative estimate of drug-likeness (QED) is 0.626. The van der Waals surface area contributed by atoms with Gasteiger partial charge in [0.2, 0.25) is 5.95 Å². The van der Waals surface area contributed by atoms with Gasteiger partial charge in [-0.2, -0.15) is 0 Å². The summed E-state index contributed by atoms with van der Waals surface area (Å²) in [7, 11) is 0. The van der Waals surface area contributed by atoms with Crippen molar-refractivity contribution in [2.45, 2.75) is 26.2 Å². The monoisotopic (exact) mass is 211 g/mol. The van der Waals surface area contributed by atoms with Gasteiger partial charge in [0.15, 0.2) is 0 Å². The van der Waals surface area contributed by atoms with Crippen LogP contribution >= 0.6 is 0 Å². The molecule has 0 radical (unpaired) electrons. The zero-order chi connectivity index (χ0) is 11.3. The Kier molecular flexibility index (Phi) is 4.30. The second-order valence-corrected chi connectivity index (χ2v) is 3.68. The van der Waals surface area contributed by atoms with Crippen LogP contribution < -0.4 is 10.9 Å². The summed E-state index contributed by atoms with van der Waals surface area (Å²) in [6, 6.07) is 1.50. The fraction of sp³-hybridized carbons (Fsp3) is 0.600. The lowest BCUT2D eigenvalue weighted by molar-refractivity contribution is 0.292. The number of hydrogen-bond acceptors (Lipinski definition) is 4. The van der Waals surface area contributed by atoms with E-state index in [4.69, 9.17) is 5.11 Å². The zero-order valence-electron chi connectivity index (χ0n) is 9.08. The maximum Gasteiger partial charge on any atom is 0.252 e. The molecule has 1 rings (SSSR count). The fourth-order valence-corrected chi connectivity index (χ4v) is 1.14. The maximum atomic E-state index is 11.3. The molecule has 3 N–H and O–H groups in total. The number of aromatic amines is 1. The van der Waals surface area contributed by atoms with Gasteiger partial charge in [0.25, 0.3) is 5.56 Å². The normalized spacial score (nSPS) is 10.7. The highest BCUT2D eigenvalue weighted by Gasteiger charge is 2.04. The van der Waals surface area contributed by atoms with Gasteiger partial charge in [0.1, 0.15) is 0 Å². The average molecular weight is 211 g/mol. The van der Waals surface area contributed by atoms with Crippen molar-refractivity contribution in [3.05, 3.63) is 22.1 Å². The van der Waals surface area contributed by atoms with Crippen molar-refractivity contribution < 1.29 is 5.11 Å². The Morgan fingerprint density at radius 1 is 1.60 bits per heavy atom. The molecule has 0 atom stereocenters. The Labute approximate surface area is 88.6 Å². The molecule has 0 fully saturated rings. The maximum absolute atomic E-state index is 11.3. The SMILES string of the molecule is CC(C)c1cc(=O)[nH]c(NCCCO)n1. The van der Waals surface area contributed by atoms with Gasteiger partial charge in [0.05, 0.1) is 5.69 Å². The van der Waals surface area contributed by atoms with Crippen LogP contribution in [0.2, 0.25) is 0 Å². The van der Waals surface area contributed by atoms with Crippen LogP contribution in [0.3, 0.4) is 0 Å². The molecular weight excluding hydrogens is 194 g/mol. The number of rotatable bonds is 5. The number of H-pyrrole nitrogens is 1. The molecule has 0 spiro atoms. The van der Waals surface area contributed by atoms with Gasteiger partial charge in [-0.25, -0.2) is 4.98 Å². The first-order valence-corrected chi connectivity index (χ1v) is 5.09. The van der Waals surface area contributed by atoms with E-state index in [0.717, 1.165) is 5.69 Å². The molecule has 0 bridgehead atoms. The van der Waals surface area contributed by atoms with Crippen LogP contribution in [-0.2, 0) is 0 Å². The lowest BCUT2D eigenvalue weighted by Gasteiger charge is -2.07. The number of aliphatic hydroxyl groups is 1. The smallest absolute Gasteiger partial charge is 0.252 e. The lowest BCUT2D eigenvalue weighted by Crippen LogP contribution is -2.15. The van der Waals surface area contributed by atoms with Crippen LogP contribution in [0.1, 0.15) is 31.9 Å². The second kappa shape index (κ2) is 5.50. The first-order chi connectivity index (χ1) is 7.13. The van der Waals surface area contributed by atoms with Crippen LogP contribution in [0.5, 0.6) is 0 Å². The summed E-state index contributed by atoms with van der Waals surface area (Å²) in [6.07, 6.45) is 0.635. The van der Waals surface area contributed by atoms with Gasteiger partial charge < -0.3 is 10.4 Å². The van der Waals surface area contributed by atoms with Crippen molar-refractivity contribution in [2.75, 3.05) is 18.5 Å². The average Bonchev–Trinajstić information content (AvgIpc) is 2.17. The molecule has 0 unspecified atom stereocenters. The Morgan fingerprint density at radius 2 is 2.33 bits per heavy atom. The standard InChI is InChI=1S/C10H17N3O2/c1-7(2)8-6-9(15)13-10(12-8)11-4-3-5-14/h6-7,14H,3-5H2,1-2H3,(H2,11,12,13,15). The third-order valence-corrected chi connectivity index (χ3v) is 1.98. The molecule has 84 valence electrons. The molecule has 0 aliphatic heterocycles. The van der Waals surface area contributed by atoms with E-state index in [1.807, 2.05) is 13.8 Å². The first-order valence-electron chi connectivity index (χ1n) is 5.09. The van der Waals surface area contributed by atoms with E-state index in [1.165, 1.54) is 6.07 Å². The Balaban J connectivity index is 2.75. The Hall–Kier alpha value is -1.36. The zero-order valence-corrected chi connectivity index (χ0v) is 9.08. The number of anilines is 1. The summed E-state index contributed by atoms with van der Waals surface area (Å²) in [5.74, 6) is 0.699. The summed E-state index contributed by atoms with van der Waals surface area (Å²) in [5.41, 5.74) is 0.616. The van der Waals surface area contributed by atoms with Crippen LogP contribution in [0.15, 0.2) is 10.9 Å². The highest BCUT2D eigenvalue weighted by Crippen LogP contribution is 2.09. The van der Waals surface area contributed by atoms with Crippen LogP contribution in [0.4, 0.5) is 5.95 Å². The molecule has 0 amide bonds. The topological polar surface area (TPSA) is 78.0 Å². The summed E-state index contributed by atoms with van der Waals surface area (Å²) in [4.78, 5) is 18.1. The van der Waals surface area contributed by atoms with E-state index in [9.17, 15) is 4.79 Å². The number of nitrogens with one attached hydrogen (secondary N) is 2. The lowest BCUT2D eigenvalue weighted by atomic mass is 10.1. The van der Waals surface area contributed by atoms with Gasteiger partial charge in [-0.3, -0.25) is 9.78 Å². The second-order valence-electron chi connectivity index (χ2n) is 3.68. The van der Waals surface area contributed by atoms with E-state index in [-0.39, 0.29) is 18.1 Å². The van der Waals surface area contributed by atoms with E-state index >= 15 is 0 Å². The molecule has 0 aliphatic rings. The number of hydrogen-bond donors (Lipinski definition) is 3. The minimum atomic E-state index is -0.153. The largest absolute Gasteiger partial charge is 0.396 e. The molecule has 1 heterocycles. The molecule has 0 saturated carbocycles. The molecule has 1 aromatic heterocycles. The molecular formula is C10H17N3O2. The van der Waals surface area contributed by atoms with Gasteiger partial charge in [-0.05, 0) is 12.3 Å². The van der Waals surface area contributed by atoms with Crippen molar-refractivity contribution in [3.63, 3.8) is 0 Å². The van der Waals surface area contributed by atoms with Crippen LogP contribution in [-0.4, -0.2) is 28.2 Å². The summed E-state index contributed by atoms with van der Waals surface area (Å²) >= 11 is 0. The predicted octanol–water partition coefficient (Wildman–Crippen LogP) is 0.688. The molecule has 0 aliphatic carbocycles. The van der Waals surface area contributed by atoms with Crippen molar-refractivity contribution >= 4 is 5.95 Å². The first kappa shape index (κ1) is 11.7. The van der Waals surface area contributed by atoms with E-state index in [2.05, 4.69) is 15.3 Å². The molecule has 5 nitrogen and oxygen atoms in total. The third kappa shape index (κ3) is 3.71. The van der Waals surface area contributed by atoms with Crippen molar-refractivity contribution in [2.24, 2.45) is 0 Å². The van der Waals surface area contributed by atoms with Crippen molar-refractivity contribution in [1.29, 1.82) is 0 Å². The number of aliphatic hydroxyl groups excluding tert-OH is 1. The van der Waals surface area contributed by atoms with Crippen molar-refractivity contribution in [3.8, 4) is 0 Å². The van der Waals surface area contributed by atoms with Gasteiger partial charge in [-0.1, -0.05) is 13.8 Å². The summed E-state index contributed by atoms with van der Waals surface area (Å²) < 4.78 is 0. The third-order valence-electron chi connectivity index (χ3n) is 1.98. The predicted molar refractivity (Wildman–Crippen MR) is 59.1 cm³/mol. The minimum Gasteiger partial charge on any atom is -0.396 e. The van der Waals surface area contributed by atoms with Crippen LogP contribution in [0, 0.1) is 0 Å². The molecule has 0 saturated heterocycles. The van der Waals surface area contributed by atoms with Gasteiger partial charge in [-0.15, -0.1) is 0 Å². The molecule has 0 aromatic carbocycles. The molecule has 1 aromatic rings. The highest BCUT2D eigenvalue weighted by molar-refractivity contribution is 5.25. The Bertz CT molecular complexity index is 360. The number of nitrogens with zero attached hydrogens (tertiary/aromatic N) is 1. The van der Waals surface area contributed by atoms with E-state index in [0.29, 0.717) is 18.9 Å². The van der Waals surface area contributed by atoms with E-state index < -0.39 is 0 Å². The molecule has 15 heavy (non-hydrogen) atoms.